The molecule has 4 rings (SSSR count). The van der Waals surface area contributed by atoms with Gasteiger partial charge in [0.1, 0.15) is 0 Å². The second kappa shape index (κ2) is 10.6. The first-order valence-electron chi connectivity index (χ1n) is 14.2. The van der Waals surface area contributed by atoms with Crippen molar-refractivity contribution in [2.24, 2.45) is 0 Å². The fraction of sp³-hybridized carbons (Fsp3) is 0.500. The predicted molar refractivity (Wildman–Crippen MR) is 163 cm³/mol. The molecule has 0 N–H and O–H groups in total. The number of hydrogen-bond acceptors (Lipinski definition) is 0. The van der Waals surface area contributed by atoms with Crippen LogP contribution in [0.4, 0.5) is 0 Å². The summed E-state index contributed by atoms with van der Waals surface area (Å²) < 4.78 is 0.409. The Balaban J connectivity index is 1.96. The summed E-state index contributed by atoms with van der Waals surface area (Å²) in [6.07, 6.45) is 12.1. The van der Waals surface area contributed by atoms with Gasteiger partial charge in [-0.1, -0.05) is 0 Å². The number of hydrogen-bond donors (Lipinski definition) is 0. The van der Waals surface area contributed by atoms with Gasteiger partial charge in [-0.3, -0.25) is 0 Å². The Labute approximate surface area is 229 Å². The number of halogens is 2. The van der Waals surface area contributed by atoms with E-state index in [2.05, 4.69) is 91.1 Å². The quantitative estimate of drug-likeness (QED) is 0.245. The molecule has 0 saturated carbocycles. The van der Waals surface area contributed by atoms with Crippen molar-refractivity contribution in [3.8, 4) is 0 Å². The zero-order valence-corrected chi connectivity index (χ0v) is 28.8. The molecular formula is C32H45Cl2SiZr. The fourth-order valence-electron chi connectivity index (χ4n) is 7.19. The third kappa shape index (κ3) is 4.45. The molecule has 0 saturated heterocycles. The Bertz CT molecular complexity index is 1150. The summed E-state index contributed by atoms with van der Waals surface area (Å²) in [6, 6.07) is 9.40. The summed E-state index contributed by atoms with van der Waals surface area (Å²) in [5, 5.41) is 0. The van der Waals surface area contributed by atoms with Crippen molar-refractivity contribution in [2.75, 3.05) is 0 Å². The molecule has 0 fully saturated rings. The fourth-order valence-corrected chi connectivity index (χ4v) is 40.2. The van der Waals surface area contributed by atoms with Gasteiger partial charge in [0.2, 0.25) is 0 Å². The van der Waals surface area contributed by atoms with Crippen LogP contribution in [0.25, 0.3) is 12.2 Å². The molecule has 0 radical (unpaired) electrons. The van der Waals surface area contributed by atoms with Crippen LogP contribution >= 0.6 is 17.0 Å². The van der Waals surface area contributed by atoms with E-state index in [1.807, 2.05) is 0 Å². The molecule has 2 atom stereocenters. The van der Waals surface area contributed by atoms with E-state index in [0.717, 1.165) is 12.8 Å². The molecule has 2 aromatic rings. The first kappa shape index (κ1) is 28.6. The van der Waals surface area contributed by atoms with Gasteiger partial charge in [-0.25, -0.2) is 0 Å². The zero-order chi connectivity index (χ0) is 26.4. The molecule has 4 heteroatoms. The van der Waals surface area contributed by atoms with E-state index in [1.165, 1.54) is 81.3 Å². The molecule has 36 heavy (non-hydrogen) atoms. The van der Waals surface area contributed by atoms with Gasteiger partial charge >= 0.3 is 231 Å². The minimum atomic E-state index is -4.56. The summed E-state index contributed by atoms with van der Waals surface area (Å²) in [5.74, 6) is -1.47. The Morgan fingerprint density at radius 2 is 1.08 bits per heavy atom. The Morgan fingerprint density at radius 1 is 0.694 bits per heavy atom. The van der Waals surface area contributed by atoms with E-state index >= 15 is 0 Å². The molecule has 0 aromatic heterocycles. The van der Waals surface area contributed by atoms with Crippen molar-refractivity contribution in [1.29, 1.82) is 0 Å². The van der Waals surface area contributed by atoms with Crippen molar-refractivity contribution in [1.82, 2.24) is 0 Å². The van der Waals surface area contributed by atoms with Crippen molar-refractivity contribution in [2.45, 2.75) is 100 Å². The van der Waals surface area contributed by atoms with Crippen molar-refractivity contribution in [3.05, 3.63) is 79.9 Å². The number of unbranched alkanes of at least 4 members (excludes halogenated alkanes) is 2. The zero-order valence-electron chi connectivity index (χ0n) is 23.7. The van der Waals surface area contributed by atoms with E-state index in [4.69, 9.17) is 17.0 Å². The van der Waals surface area contributed by atoms with Crippen LogP contribution in [-0.2, 0) is 28.4 Å². The second-order valence-electron chi connectivity index (χ2n) is 12.0. The van der Waals surface area contributed by atoms with Gasteiger partial charge < -0.3 is 0 Å². The third-order valence-corrected chi connectivity index (χ3v) is 61.4. The third-order valence-electron chi connectivity index (χ3n) is 9.23. The van der Waals surface area contributed by atoms with Crippen molar-refractivity contribution in [3.63, 3.8) is 0 Å². The molecule has 0 aliphatic heterocycles. The molecular weight excluding hydrogens is 575 g/mol. The molecule has 0 bridgehead atoms. The van der Waals surface area contributed by atoms with Crippen LogP contribution in [0.1, 0.15) is 105 Å². The molecule has 2 aliphatic rings. The summed E-state index contributed by atoms with van der Waals surface area (Å²) in [7, 11) is 16.8. The van der Waals surface area contributed by atoms with Gasteiger partial charge in [-0.05, 0) is 0 Å². The first-order chi connectivity index (χ1) is 17.0. The summed E-state index contributed by atoms with van der Waals surface area (Å²) in [4.78, 5) is 0. The molecule has 195 valence electrons. The van der Waals surface area contributed by atoms with Crippen molar-refractivity contribution >= 4 is 35.1 Å². The average molecular weight is 620 g/mol. The van der Waals surface area contributed by atoms with Crippen LogP contribution in [-0.4, -0.2) is 5.92 Å². The average Bonchev–Trinajstić information content (AvgIpc) is 3.37. The Morgan fingerprint density at radius 3 is 1.42 bits per heavy atom. The van der Waals surface area contributed by atoms with E-state index < -0.39 is 21.5 Å². The number of aryl methyl sites for hydroxylation is 4. The Kier molecular flexibility index (Phi) is 8.45. The van der Waals surface area contributed by atoms with Gasteiger partial charge in [0.25, 0.3) is 0 Å². The van der Waals surface area contributed by atoms with Crippen LogP contribution in [0.2, 0.25) is 13.1 Å². The second-order valence-corrected chi connectivity index (χ2v) is 54.5. The summed E-state index contributed by atoms with van der Waals surface area (Å²) in [5.41, 5.74) is 14.3. The molecule has 2 aromatic carbocycles. The molecule has 0 amide bonds. The monoisotopic (exact) mass is 617 g/mol. The number of fused-ring (bicyclic) bond motifs is 2. The molecule has 2 unspecified atom stereocenters. The van der Waals surface area contributed by atoms with Crippen LogP contribution in [0.5, 0.6) is 0 Å². The number of benzene rings is 2. The van der Waals surface area contributed by atoms with E-state index in [1.54, 1.807) is 0 Å². The van der Waals surface area contributed by atoms with E-state index in [9.17, 15) is 0 Å². The summed E-state index contributed by atoms with van der Waals surface area (Å²) in [6.45, 7) is 18.7. The van der Waals surface area contributed by atoms with Gasteiger partial charge in [0, 0.05) is 0 Å². The normalized spacial score (nSPS) is 20.1. The number of allylic oxidation sites excluding steroid dienone is 2. The van der Waals surface area contributed by atoms with Crippen LogP contribution in [0, 0.1) is 13.8 Å². The molecule has 0 nitrogen and oxygen atoms in total. The van der Waals surface area contributed by atoms with Crippen molar-refractivity contribution < 1.29 is 15.6 Å². The Hall–Kier alpha value is -0.400. The number of rotatable bonds is 9. The van der Waals surface area contributed by atoms with Crippen LogP contribution in [0.3, 0.4) is 0 Å². The molecule has 0 heterocycles. The van der Waals surface area contributed by atoms with Gasteiger partial charge in [-0.15, -0.1) is 0 Å². The maximum absolute atomic E-state index is 8.40. The minimum absolute atomic E-state index is 0.205. The first-order valence-corrected chi connectivity index (χ1v) is 30.5. The van der Waals surface area contributed by atoms with Crippen LogP contribution < -0.4 is 0 Å². The van der Waals surface area contributed by atoms with Gasteiger partial charge in [0.05, 0.1) is 0 Å². The topological polar surface area (TPSA) is 0 Å². The SMILES string of the molecule is CCCCc1ccc(C)c2c1C=C(C)[CH]2[Zr]([Cl])([Cl])([CH]1C(C)=Cc2c(CCCC)ccc(C)c21)[SiH](C)C. The van der Waals surface area contributed by atoms with E-state index in [0.29, 0.717) is 0 Å². The summed E-state index contributed by atoms with van der Waals surface area (Å²) >= 11 is -4.56. The van der Waals surface area contributed by atoms with Crippen LogP contribution in [0.15, 0.2) is 35.4 Å². The standard InChI is InChI=1S/2C15H19.C2H7Si.2ClH.Zr/c2*1-4-5-6-13-8-7-12(3)14-9-11(2)10-15(13)14;1-3-2;;;/h2*7-10H,4-6H2,1-3H3;3H,1-2H3;2*1H;/q;;;;;+2/p-2. The van der Waals surface area contributed by atoms with Gasteiger partial charge in [0.15, 0.2) is 0 Å². The van der Waals surface area contributed by atoms with Gasteiger partial charge in [-0.2, -0.15) is 0 Å². The van der Waals surface area contributed by atoms with E-state index in [-0.39, 0.29) is 7.25 Å². The maximum atomic E-state index is 8.40. The molecule has 0 spiro atoms. The molecule has 2 aliphatic carbocycles. The predicted octanol–water partition coefficient (Wildman–Crippen LogP) is 10.6.